The van der Waals surface area contributed by atoms with Crippen LogP contribution >= 0.6 is 0 Å². The van der Waals surface area contributed by atoms with Gasteiger partial charge < -0.3 is 20.3 Å². The van der Waals surface area contributed by atoms with Crippen molar-refractivity contribution >= 4 is 6.09 Å². The van der Waals surface area contributed by atoms with E-state index in [9.17, 15) is 15.0 Å². The number of amides is 1. The maximum atomic E-state index is 12.0. The van der Waals surface area contributed by atoms with Crippen LogP contribution in [-0.4, -0.2) is 41.7 Å². The lowest BCUT2D eigenvalue weighted by atomic mass is 9.41. The summed E-state index contributed by atoms with van der Waals surface area (Å²) in [4.78, 5) is 12.0. The molecular weight excluding hydrogens is 438 g/mol. The van der Waals surface area contributed by atoms with E-state index in [1.165, 1.54) is 25.7 Å². The molecule has 0 heterocycles. The van der Waals surface area contributed by atoms with Gasteiger partial charge in [-0.2, -0.15) is 0 Å². The number of carbonyl (C=O) groups is 1. The van der Waals surface area contributed by atoms with Crippen LogP contribution in [0, 0.1) is 58.2 Å². The highest BCUT2D eigenvalue weighted by atomic mass is 16.5. The van der Waals surface area contributed by atoms with Gasteiger partial charge in [0, 0.05) is 6.54 Å². The van der Waals surface area contributed by atoms with Gasteiger partial charge in [-0.05, 0) is 110 Å². The largest absolute Gasteiger partial charge is 0.450 e. The normalized spacial score (nSPS) is 45.9. The molecule has 0 aliphatic heterocycles. The van der Waals surface area contributed by atoms with E-state index in [0.717, 1.165) is 32.1 Å². The number of fused-ring (bicyclic) bond motifs is 5. The van der Waals surface area contributed by atoms with Crippen LogP contribution in [0.3, 0.4) is 0 Å². The van der Waals surface area contributed by atoms with Gasteiger partial charge in [0.15, 0.2) is 0 Å². The van der Waals surface area contributed by atoms with Gasteiger partial charge in [-0.3, -0.25) is 0 Å². The molecule has 0 aromatic carbocycles. The summed E-state index contributed by atoms with van der Waals surface area (Å²) in [6.45, 7) is 14.9. The zero-order chi connectivity index (χ0) is 25.5. The van der Waals surface area contributed by atoms with Gasteiger partial charge >= 0.3 is 6.09 Å². The molecule has 5 heteroatoms. The summed E-state index contributed by atoms with van der Waals surface area (Å²) in [6.07, 6.45) is 9.03. The summed E-state index contributed by atoms with van der Waals surface area (Å²) in [5.41, 5.74) is 0.517. The molecule has 3 N–H and O–H groups in total. The Bertz CT molecular complexity index is 742. The lowest BCUT2D eigenvalue weighted by Gasteiger charge is -2.64. The van der Waals surface area contributed by atoms with E-state index in [0.29, 0.717) is 60.5 Å². The molecule has 4 aliphatic carbocycles. The topological polar surface area (TPSA) is 78.8 Å². The first-order valence-corrected chi connectivity index (χ1v) is 14.8. The van der Waals surface area contributed by atoms with Crippen LogP contribution in [0.1, 0.15) is 99.3 Å². The summed E-state index contributed by atoms with van der Waals surface area (Å²) in [6, 6.07) is 0. The van der Waals surface area contributed by atoms with E-state index in [1.54, 1.807) is 0 Å². The minimum Gasteiger partial charge on any atom is -0.450 e. The predicted octanol–water partition coefficient (Wildman–Crippen LogP) is 6.02. The Hall–Kier alpha value is -0.810. The minimum absolute atomic E-state index is 0.189. The number of rotatable bonds is 7. The van der Waals surface area contributed by atoms with E-state index in [4.69, 9.17) is 4.74 Å². The van der Waals surface area contributed by atoms with Crippen LogP contribution in [0.2, 0.25) is 0 Å². The van der Waals surface area contributed by atoms with Crippen LogP contribution in [0.4, 0.5) is 4.79 Å². The molecule has 0 aromatic heterocycles. The third-order valence-electron chi connectivity index (χ3n) is 11.6. The maximum absolute atomic E-state index is 12.0. The van der Waals surface area contributed by atoms with Gasteiger partial charge in [-0.1, -0.05) is 48.0 Å². The van der Waals surface area contributed by atoms with Gasteiger partial charge in [0.1, 0.15) is 0 Å². The fourth-order valence-corrected chi connectivity index (χ4v) is 9.81. The fraction of sp³-hybridized carbons (Fsp3) is 0.967. The Morgan fingerprint density at radius 2 is 1.69 bits per heavy atom. The number of alkyl carbamates (subject to hydrolysis) is 1. The summed E-state index contributed by atoms with van der Waals surface area (Å²) in [5, 5.41) is 25.2. The molecule has 4 aliphatic rings. The van der Waals surface area contributed by atoms with Crippen molar-refractivity contribution in [2.45, 2.75) is 112 Å². The fourth-order valence-electron chi connectivity index (χ4n) is 9.81. The number of aliphatic hydroxyl groups is 2. The predicted molar refractivity (Wildman–Crippen MR) is 140 cm³/mol. The maximum Gasteiger partial charge on any atom is 0.407 e. The minimum atomic E-state index is -0.293. The van der Waals surface area contributed by atoms with Gasteiger partial charge in [0.05, 0.1) is 18.8 Å². The van der Waals surface area contributed by atoms with E-state index in [1.807, 2.05) is 0 Å². The van der Waals surface area contributed by atoms with Gasteiger partial charge in [0.2, 0.25) is 0 Å². The molecule has 1 amide bonds. The molecule has 4 fully saturated rings. The SMILES string of the molecule is CC[C@H]1[C@@H](O)[C@@H]2[C@H](CC[C@]3(C)[C@@H]([C@H](C)CCOC(=O)NCC(C)C)CC[C@@H]23)[C@@]2(C)CC[C@@H](O)C[C@@H]12. The Labute approximate surface area is 214 Å². The zero-order valence-electron chi connectivity index (χ0n) is 23.3. The second-order valence-corrected chi connectivity index (χ2v) is 13.8. The highest BCUT2D eigenvalue weighted by Crippen LogP contribution is 2.69. The van der Waals surface area contributed by atoms with E-state index in [-0.39, 0.29) is 29.1 Å². The first-order valence-electron chi connectivity index (χ1n) is 14.8. The molecule has 0 aromatic rings. The van der Waals surface area contributed by atoms with Crippen molar-refractivity contribution in [3.05, 3.63) is 0 Å². The molecule has 0 saturated heterocycles. The number of aliphatic hydroxyl groups excluding tert-OH is 2. The van der Waals surface area contributed by atoms with E-state index < -0.39 is 0 Å². The van der Waals surface area contributed by atoms with E-state index >= 15 is 0 Å². The second-order valence-electron chi connectivity index (χ2n) is 13.8. The van der Waals surface area contributed by atoms with Gasteiger partial charge in [-0.25, -0.2) is 4.79 Å². The summed E-state index contributed by atoms with van der Waals surface area (Å²) < 4.78 is 5.49. The van der Waals surface area contributed by atoms with Crippen molar-refractivity contribution in [1.82, 2.24) is 5.32 Å². The van der Waals surface area contributed by atoms with Crippen LogP contribution in [-0.2, 0) is 4.74 Å². The average molecular weight is 492 g/mol. The molecule has 0 spiro atoms. The second kappa shape index (κ2) is 10.5. The van der Waals surface area contributed by atoms with Crippen molar-refractivity contribution in [2.75, 3.05) is 13.2 Å². The van der Waals surface area contributed by atoms with Crippen LogP contribution in [0.5, 0.6) is 0 Å². The highest BCUT2D eigenvalue weighted by molar-refractivity contribution is 5.67. The Kier molecular flexibility index (Phi) is 8.18. The number of hydrogen-bond acceptors (Lipinski definition) is 4. The lowest BCUT2D eigenvalue weighted by Crippen LogP contribution is -2.62. The van der Waals surface area contributed by atoms with E-state index in [2.05, 4.69) is 46.9 Å². The van der Waals surface area contributed by atoms with Crippen LogP contribution < -0.4 is 5.32 Å². The van der Waals surface area contributed by atoms with Crippen LogP contribution in [0.15, 0.2) is 0 Å². The van der Waals surface area contributed by atoms with Crippen molar-refractivity contribution in [3.63, 3.8) is 0 Å². The number of hydrogen-bond donors (Lipinski definition) is 3. The molecule has 0 unspecified atom stereocenters. The van der Waals surface area contributed by atoms with Crippen molar-refractivity contribution in [3.8, 4) is 0 Å². The Morgan fingerprint density at radius 1 is 1.00 bits per heavy atom. The quantitative estimate of drug-likeness (QED) is 0.407. The van der Waals surface area contributed by atoms with Crippen molar-refractivity contribution in [2.24, 2.45) is 58.2 Å². The first-order chi connectivity index (χ1) is 16.5. The summed E-state index contributed by atoms with van der Waals surface area (Å²) in [7, 11) is 0. The third-order valence-corrected chi connectivity index (χ3v) is 11.6. The first kappa shape index (κ1) is 27.2. The van der Waals surface area contributed by atoms with Crippen molar-refractivity contribution in [1.29, 1.82) is 0 Å². The summed E-state index contributed by atoms with van der Waals surface area (Å²) in [5.74, 6) is 3.88. The smallest absolute Gasteiger partial charge is 0.407 e. The highest BCUT2D eigenvalue weighted by Gasteiger charge is 2.64. The zero-order valence-corrected chi connectivity index (χ0v) is 23.3. The average Bonchev–Trinajstić information content (AvgIpc) is 3.16. The molecule has 11 atom stereocenters. The third kappa shape index (κ3) is 4.90. The molecule has 4 saturated carbocycles. The standard InChI is InChI=1S/C30H53NO4/c1-7-21-25-16-20(32)10-13-30(25,6)24-11-14-29(5)22(8-9-23(29)26(24)27(21)33)19(4)12-15-35-28(34)31-17-18(2)3/h18-27,32-33H,7-17H2,1-6H3,(H,31,34)/t19-,20-,21-,22-,23+,24+,25+,26+,27-,29-,30-/m1/s1. The molecule has 0 bridgehead atoms. The van der Waals surface area contributed by atoms with Gasteiger partial charge in [0.25, 0.3) is 0 Å². The molecule has 5 nitrogen and oxygen atoms in total. The monoisotopic (exact) mass is 491 g/mol. The number of ether oxygens (including phenoxy) is 1. The molecule has 4 rings (SSSR count). The number of carbonyl (C=O) groups excluding carboxylic acids is 1. The Morgan fingerprint density at radius 3 is 2.37 bits per heavy atom. The number of nitrogens with one attached hydrogen (secondary N) is 1. The molecule has 202 valence electrons. The summed E-state index contributed by atoms with van der Waals surface area (Å²) >= 11 is 0. The Balaban J connectivity index is 1.44. The lowest BCUT2D eigenvalue weighted by molar-refractivity contribution is -0.203. The van der Waals surface area contributed by atoms with Gasteiger partial charge in [-0.15, -0.1) is 0 Å². The van der Waals surface area contributed by atoms with Crippen LogP contribution in [0.25, 0.3) is 0 Å². The van der Waals surface area contributed by atoms with Crippen molar-refractivity contribution < 1.29 is 19.7 Å². The molecule has 0 radical (unpaired) electrons. The molecular formula is C30H53NO4. The molecule has 35 heavy (non-hydrogen) atoms.